The molecule has 0 saturated carbocycles. The van der Waals surface area contributed by atoms with E-state index < -0.39 is 34.8 Å². The van der Waals surface area contributed by atoms with Crippen LogP contribution >= 0.6 is 0 Å². The summed E-state index contributed by atoms with van der Waals surface area (Å²) in [6.45, 7) is 4.67. The van der Waals surface area contributed by atoms with Gasteiger partial charge < -0.3 is 20.3 Å². The first-order chi connectivity index (χ1) is 14.5. The van der Waals surface area contributed by atoms with Crippen molar-refractivity contribution >= 4 is 23.3 Å². The summed E-state index contributed by atoms with van der Waals surface area (Å²) in [7, 11) is 0. The van der Waals surface area contributed by atoms with Crippen LogP contribution in [0.2, 0.25) is 0 Å². The van der Waals surface area contributed by atoms with Crippen molar-refractivity contribution in [2.75, 3.05) is 11.9 Å². The number of carbonyl (C=O) groups is 3. The number of amides is 2. The molecule has 0 unspecified atom stereocenters. The van der Waals surface area contributed by atoms with Crippen LogP contribution < -0.4 is 10.6 Å². The van der Waals surface area contributed by atoms with Crippen molar-refractivity contribution in [1.29, 1.82) is 0 Å². The first-order valence-corrected chi connectivity index (χ1v) is 10.0. The molecule has 1 aromatic carbocycles. The lowest BCUT2D eigenvalue weighted by molar-refractivity contribution is -0.119. The summed E-state index contributed by atoms with van der Waals surface area (Å²) in [4.78, 5) is 38.1. The van der Waals surface area contributed by atoms with Gasteiger partial charge in [-0.2, -0.15) is 0 Å². The van der Waals surface area contributed by atoms with E-state index in [1.807, 2.05) is 0 Å². The van der Waals surface area contributed by atoms with Gasteiger partial charge in [0.2, 0.25) is 0 Å². The van der Waals surface area contributed by atoms with Crippen LogP contribution in [0.3, 0.4) is 0 Å². The van der Waals surface area contributed by atoms with Crippen molar-refractivity contribution in [3.05, 3.63) is 52.3 Å². The molecule has 166 valence electrons. The monoisotopic (exact) mass is 433 g/mol. The Labute approximate surface area is 178 Å². The fraction of sp³-hybridized carbons (Fsp3) is 0.409. The number of nitrogens with zero attached hydrogens (tertiary/aromatic N) is 1. The molecule has 31 heavy (non-hydrogen) atoms. The second-order valence-corrected chi connectivity index (χ2v) is 8.37. The molecule has 1 aromatic heterocycles. The van der Waals surface area contributed by atoms with Gasteiger partial charge in [0.1, 0.15) is 0 Å². The Morgan fingerprint density at radius 2 is 1.87 bits per heavy atom. The van der Waals surface area contributed by atoms with E-state index in [9.17, 15) is 28.3 Å². The third-order valence-electron chi connectivity index (χ3n) is 5.25. The van der Waals surface area contributed by atoms with Crippen LogP contribution in [-0.4, -0.2) is 39.4 Å². The maximum atomic E-state index is 13.7. The van der Waals surface area contributed by atoms with Crippen LogP contribution in [0, 0.1) is 18.6 Å². The Bertz CT molecular complexity index is 1040. The van der Waals surface area contributed by atoms with Gasteiger partial charge in [0.05, 0.1) is 23.4 Å². The molecule has 0 aliphatic carbocycles. The minimum absolute atomic E-state index is 0.0493. The van der Waals surface area contributed by atoms with Crippen molar-refractivity contribution in [2.24, 2.45) is 0 Å². The summed E-state index contributed by atoms with van der Waals surface area (Å²) in [5.74, 6) is -4.33. The van der Waals surface area contributed by atoms with Crippen molar-refractivity contribution in [2.45, 2.75) is 52.1 Å². The zero-order valence-electron chi connectivity index (χ0n) is 17.6. The van der Waals surface area contributed by atoms with Gasteiger partial charge in [0.15, 0.2) is 11.6 Å². The molecule has 1 aliphatic rings. The van der Waals surface area contributed by atoms with Gasteiger partial charge in [-0.25, -0.2) is 8.78 Å². The van der Waals surface area contributed by atoms with Crippen molar-refractivity contribution < 1.29 is 28.3 Å². The zero-order chi connectivity index (χ0) is 22.9. The average Bonchev–Trinajstić information content (AvgIpc) is 3.11. The molecule has 1 aliphatic heterocycles. The molecule has 3 rings (SSSR count). The Balaban J connectivity index is 1.92. The highest BCUT2D eigenvalue weighted by molar-refractivity contribution is 6.42. The lowest BCUT2D eigenvalue weighted by Crippen LogP contribution is -2.49. The number of benzene rings is 1. The maximum absolute atomic E-state index is 13.7. The highest BCUT2D eigenvalue weighted by atomic mass is 19.2. The van der Waals surface area contributed by atoms with Gasteiger partial charge in [-0.05, 0) is 57.7 Å². The van der Waals surface area contributed by atoms with Gasteiger partial charge in [-0.1, -0.05) is 0 Å². The summed E-state index contributed by atoms with van der Waals surface area (Å²) in [5.41, 5.74) is 0.0583. The highest BCUT2D eigenvalue weighted by Crippen LogP contribution is 2.26. The van der Waals surface area contributed by atoms with Crippen LogP contribution in [0.5, 0.6) is 0 Å². The largest absolute Gasteiger partial charge is 0.394 e. The molecule has 7 nitrogen and oxygen atoms in total. The van der Waals surface area contributed by atoms with Crippen molar-refractivity contribution in [3.63, 3.8) is 0 Å². The van der Waals surface area contributed by atoms with Crippen molar-refractivity contribution in [3.8, 4) is 0 Å². The normalized spacial score (nSPS) is 13.5. The Morgan fingerprint density at radius 1 is 1.16 bits per heavy atom. The molecule has 9 heteroatoms. The number of nitrogens with one attached hydrogen (secondary N) is 2. The number of aromatic nitrogens is 1. The van der Waals surface area contributed by atoms with E-state index in [2.05, 4.69) is 10.6 Å². The zero-order valence-corrected chi connectivity index (χ0v) is 17.6. The highest BCUT2D eigenvalue weighted by Gasteiger charge is 2.31. The number of hydrogen-bond donors (Lipinski definition) is 3. The molecular weight excluding hydrogens is 408 g/mol. The van der Waals surface area contributed by atoms with E-state index in [1.165, 1.54) is 19.1 Å². The number of hydrogen-bond acceptors (Lipinski definition) is 4. The molecule has 3 N–H and O–H groups in total. The molecule has 0 spiro atoms. The van der Waals surface area contributed by atoms with Gasteiger partial charge in [-0.3, -0.25) is 14.4 Å². The van der Waals surface area contributed by atoms with Gasteiger partial charge in [0, 0.05) is 24.0 Å². The summed E-state index contributed by atoms with van der Waals surface area (Å²) in [6.07, 6.45) is 2.14. The topological polar surface area (TPSA) is 100 Å². The summed E-state index contributed by atoms with van der Waals surface area (Å²) in [6, 6.07) is 3.56. The molecule has 0 radical (unpaired) electrons. The Hall–Kier alpha value is -3.07. The number of aliphatic hydroxyl groups is 1. The second-order valence-electron chi connectivity index (χ2n) is 8.37. The van der Waals surface area contributed by atoms with Crippen LogP contribution in [-0.2, 0) is 17.8 Å². The standard InChI is InChI=1S/C22H25F2N3O4/c1-12-8-13(9-15(23)18(12)24)25-20(30)14-10-17(27-7-5-4-6-16(14)27)19(29)21(31)26-22(2,3)11-28/h8-10,28H,4-7,11H2,1-3H3,(H,25,30)(H,26,31). The van der Waals surface area contributed by atoms with E-state index in [1.54, 1.807) is 18.4 Å². The lowest BCUT2D eigenvalue weighted by Gasteiger charge is -2.23. The third kappa shape index (κ3) is 4.66. The third-order valence-corrected chi connectivity index (χ3v) is 5.25. The second kappa shape index (κ2) is 8.58. The number of halogens is 2. The van der Waals surface area contributed by atoms with Crippen LogP contribution in [0.4, 0.5) is 14.5 Å². The Morgan fingerprint density at radius 3 is 2.52 bits per heavy atom. The van der Waals surface area contributed by atoms with Crippen LogP contribution in [0.15, 0.2) is 18.2 Å². The molecule has 0 fully saturated rings. The SMILES string of the molecule is Cc1cc(NC(=O)c2cc(C(=O)C(=O)NC(C)(C)CO)n3c2CCCC3)cc(F)c1F. The molecule has 2 heterocycles. The minimum atomic E-state index is -1.08. The van der Waals surface area contributed by atoms with Crippen LogP contribution in [0.25, 0.3) is 0 Å². The molecule has 2 amide bonds. The fourth-order valence-electron chi connectivity index (χ4n) is 3.58. The Kier molecular flexibility index (Phi) is 6.26. The number of ketones is 1. The first kappa shape index (κ1) is 22.6. The van der Waals surface area contributed by atoms with E-state index in [0.717, 1.165) is 18.9 Å². The molecule has 0 saturated heterocycles. The number of fused-ring (bicyclic) bond motifs is 1. The minimum Gasteiger partial charge on any atom is -0.394 e. The summed E-state index contributed by atoms with van der Waals surface area (Å²) in [5, 5.41) is 14.3. The smallest absolute Gasteiger partial charge is 0.294 e. The number of Topliss-reactive ketones (excluding diaryl/α,β-unsaturated/α-hetero) is 1. The van der Waals surface area contributed by atoms with Crippen molar-refractivity contribution in [1.82, 2.24) is 9.88 Å². The molecule has 0 bridgehead atoms. The number of aryl methyl sites for hydroxylation is 1. The predicted octanol–water partition coefficient (Wildman–Crippen LogP) is 2.73. The summed E-state index contributed by atoms with van der Waals surface area (Å²) < 4.78 is 28.9. The van der Waals surface area contributed by atoms with Crippen LogP contribution in [0.1, 0.15) is 58.8 Å². The number of carbonyl (C=O) groups excluding carboxylic acids is 3. The lowest BCUT2D eigenvalue weighted by atomic mass is 10.1. The van der Waals surface area contributed by atoms with E-state index in [0.29, 0.717) is 18.7 Å². The number of anilines is 1. The van der Waals surface area contributed by atoms with E-state index >= 15 is 0 Å². The molecule has 2 aromatic rings. The number of rotatable bonds is 6. The predicted molar refractivity (Wildman–Crippen MR) is 110 cm³/mol. The first-order valence-electron chi connectivity index (χ1n) is 10.0. The van der Waals surface area contributed by atoms with Gasteiger partial charge in [-0.15, -0.1) is 0 Å². The quantitative estimate of drug-likeness (QED) is 0.482. The van der Waals surface area contributed by atoms with Gasteiger partial charge in [0.25, 0.3) is 17.6 Å². The molecule has 0 atom stereocenters. The summed E-state index contributed by atoms with van der Waals surface area (Å²) >= 11 is 0. The van der Waals surface area contributed by atoms with E-state index in [-0.39, 0.29) is 29.1 Å². The molecular formula is C22H25F2N3O4. The maximum Gasteiger partial charge on any atom is 0.294 e. The fourth-order valence-corrected chi connectivity index (χ4v) is 3.58. The number of aliphatic hydroxyl groups excluding tert-OH is 1. The average molecular weight is 433 g/mol. The van der Waals surface area contributed by atoms with Gasteiger partial charge >= 0.3 is 0 Å². The van der Waals surface area contributed by atoms with E-state index in [4.69, 9.17) is 0 Å².